The van der Waals surface area contributed by atoms with Crippen molar-refractivity contribution in [2.45, 2.75) is 57.1 Å². The van der Waals surface area contributed by atoms with Gasteiger partial charge in [0.25, 0.3) is 0 Å². The first-order valence-electron chi connectivity index (χ1n) is 8.11. The number of benzene rings is 1. The van der Waals surface area contributed by atoms with Crippen LogP contribution in [0.2, 0.25) is 18.1 Å². The molecule has 26 heavy (non-hydrogen) atoms. The molecule has 5 nitrogen and oxygen atoms in total. The van der Waals surface area contributed by atoms with E-state index in [1.54, 1.807) is 0 Å². The first-order chi connectivity index (χ1) is 11.7. The molecule has 0 spiro atoms. The lowest BCUT2D eigenvalue weighted by molar-refractivity contribution is -0.484. The number of carbonyl (C=O) groups excluding carboxylic acids is 1. The van der Waals surface area contributed by atoms with Crippen LogP contribution in [0.4, 0.5) is 13.2 Å². The van der Waals surface area contributed by atoms with E-state index in [0.717, 1.165) is 6.07 Å². The van der Waals surface area contributed by atoms with Crippen LogP contribution in [0.5, 0.6) is 0 Å². The number of nitrogens with zero attached hydrogens (tertiary/aromatic N) is 1. The van der Waals surface area contributed by atoms with Crippen LogP contribution in [0.25, 0.3) is 0 Å². The Hall–Kier alpha value is -1.74. The van der Waals surface area contributed by atoms with E-state index < -0.39 is 43.5 Å². The third kappa shape index (κ3) is 5.37. The number of aldehydes is 1. The van der Waals surface area contributed by atoms with Crippen LogP contribution < -0.4 is 0 Å². The summed E-state index contributed by atoms with van der Waals surface area (Å²) < 4.78 is 46.0. The Morgan fingerprint density at radius 3 is 2.19 bits per heavy atom. The molecule has 9 heteroatoms. The Kier molecular flexibility index (Phi) is 6.75. The second-order valence-electron chi connectivity index (χ2n) is 7.69. The molecule has 0 aromatic heterocycles. The maximum Gasteiger partial charge on any atom is 0.416 e. The van der Waals surface area contributed by atoms with Gasteiger partial charge in [-0.15, -0.1) is 0 Å². The molecule has 0 fully saturated rings. The minimum Gasteiger partial charge on any atom is -0.406 e. The zero-order chi connectivity index (χ0) is 20.3. The van der Waals surface area contributed by atoms with Crippen molar-refractivity contribution >= 4 is 14.6 Å². The standard InChI is InChI=1S/C17H24F3NO4Si/c1-16(2,3)26(4,5)25-15(11-22)13(10-21(23)24)12-8-6-7-9-14(12)17(18,19)20/h6-9,11,13,15H,10H2,1-5H3/t13-,15-/m1/s1. The Morgan fingerprint density at radius 2 is 1.77 bits per heavy atom. The van der Waals surface area contributed by atoms with Gasteiger partial charge in [0.15, 0.2) is 8.32 Å². The Balaban J connectivity index is 3.42. The van der Waals surface area contributed by atoms with E-state index in [4.69, 9.17) is 4.43 Å². The van der Waals surface area contributed by atoms with Crippen LogP contribution in [0.3, 0.4) is 0 Å². The number of nitro groups is 1. The quantitative estimate of drug-likeness (QED) is 0.293. The summed E-state index contributed by atoms with van der Waals surface area (Å²) in [6, 6.07) is 4.60. The largest absolute Gasteiger partial charge is 0.416 e. The average molecular weight is 391 g/mol. The van der Waals surface area contributed by atoms with Crippen molar-refractivity contribution in [3.8, 4) is 0 Å². The average Bonchev–Trinajstić information content (AvgIpc) is 2.48. The van der Waals surface area contributed by atoms with Crippen molar-refractivity contribution in [3.05, 3.63) is 45.5 Å². The van der Waals surface area contributed by atoms with E-state index in [2.05, 4.69) is 0 Å². The summed E-state index contributed by atoms with van der Waals surface area (Å²) in [5, 5.41) is 10.8. The molecule has 2 atom stereocenters. The van der Waals surface area contributed by atoms with Gasteiger partial charge in [-0.25, -0.2) is 0 Å². The van der Waals surface area contributed by atoms with Crippen molar-refractivity contribution in [1.29, 1.82) is 0 Å². The summed E-state index contributed by atoms with van der Waals surface area (Å²) >= 11 is 0. The molecular formula is C17H24F3NO4Si. The van der Waals surface area contributed by atoms with Crippen LogP contribution in [0.1, 0.15) is 37.8 Å². The van der Waals surface area contributed by atoms with Crippen molar-refractivity contribution in [1.82, 2.24) is 0 Å². The second kappa shape index (κ2) is 7.87. The normalized spacial score (nSPS) is 15.4. The number of rotatable bonds is 7. The minimum atomic E-state index is -4.68. The summed E-state index contributed by atoms with van der Waals surface area (Å²) in [5.74, 6) is -1.32. The van der Waals surface area contributed by atoms with Gasteiger partial charge in [-0.2, -0.15) is 13.2 Å². The first-order valence-corrected chi connectivity index (χ1v) is 11.0. The maximum atomic E-state index is 13.4. The van der Waals surface area contributed by atoms with Crippen LogP contribution in [0, 0.1) is 10.1 Å². The molecule has 0 heterocycles. The molecule has 0 amide bonds. The van der Waals surface area contributed by atoms with Crippen molar-refractivity contribution in [3.63, 3.8) is 0 Å². The third-order valence-corrected chi connectivity index (χ3v) is 9.25. The summed E-state index contributed by atoms with van der Waals surface area (Å²) in [4.78, 5) is 22.0. The molecule has 0 aliphatic heterocycles. The number of carbonyl (C=O) groups is 1. The second-order valence-corrected chi connectivity index (χ2v) is 12.4. The summed E-state index contributed by atoms with van der Waals surface area (Å²) in [6.07, 6.45) is -5.64. The lowest BCUT2D eigenvalue weighted by Gasteiger charge is -2.39. The van der Waals surface area contributed by atoms with E-state index in [9.17, 15) is 28.1 Å². The topological polar surface area (TPSA) is 69.4 Å². The third-order valence-electron chi connectivity index (χ3n) is 4.78. The molecule has 0 unspecified atom stereocenters. The number of hydrogen-bond donors (Lipinski definition) is 0. The van der Waals surface area contributed by atoms with E-state index in [-0.39, 0.29) is 10.6 Å². The van der Waals surface area contributed by atoms with Gasteiger partial charge in [-0.1, -0.05) is 39.0 Å². The van der Waals surface area contributed by atoms with Crippen LogP contribution in [0.15, 0.2) is 24.3 Å². The molecule has 1 aromatic carbocycles. The lowest BCUT2D eigenvalue weighted by atomic mass is 9.90. The summed E-state index contributed by atoms with van der Waals surface area (Å²) in [6.45, 7) is 8.57. The number of hydrogen-bond acceptors (Lipinski definition) is 4. The Morgan fingerprint density at radius 1 is 1.23 bits per heavy atom. The summed E-state index contributed by atoms with van der Waals surface area (Å²) in [7, 11) is -2.53. The molecule has 0 N–H and O–H groups in total. The molecule has 1 rings (SSSR count). The fraction of sp³-hybridized carbons (Fsp3) is 0.588. The Labute approximate surface area is 151 Å². The molecule has 0 bridgehead atoms. The highest BCUT2D eigenvalue weighted by molar-refractivity contribution is 6.74. The van der Waals surface area contributed by atoms with E-state index in [1.807, 2.05) is 33.9 Å². The van der Waals surface area contributed by atoms with Gasteiger partial charge in [-0.3, -0.25) is 10.1 Å². The molecule has 146 valence electrons. The van der Waals surface area contributed by atoms with Gasteiger partial charge in [-0.05, 0) is 29.8 Å². The van der Waals surface area contributed by atoms with Crippen LogP contribution >= 0.6 is 0 Å². The highest BCUT2D eigenvalue weighted by Crippen LogP contribution is 2.41. The molecule has 0 radical (unpaired) electrons. The summed E-state index contributed by atoms with van der Waals surface area (Å²) in [5.41, 5.74) is -1.29. The molecule has 0 saturated carbocycles. The van der Waals surface area contributed by atoms with E-state index >= 15 is 0 Å². The molecule has 1 aromatic rings. The zero-order valence-corrected chi connectivity index (χ0v) is 16.5. The van der Waals surface area contributed by atoms with Crippen molar-refractivity contribution in [2.24, 2.45) is 0 Å². The van der Waals surface area contributed by atoms with Gasteiger partial charge in [0, 0.05) is 4.92 Å². The van der Waals surface area contributed by atoms with Gasteiger partial charge >= 0.3 is 6.18 Å². The number of halogens is 3. The van der Waals surface area contributed by atoms with Crippen LogP contribution in [-0.2, 0) is 15.4 Å². The predicted molar refractivity (Wildman–Crippen MR) is 94.2 cm³/mol. The predicted octanol–water partition coefficient (Wildman–Crippen LogP) is 4.66. The smallest absolute Gasteiger partial charge is 0.406 e. The minimum absolute atomic E-state index is 0.299. The molecule has 0 aliphatic carbocycles. The lowest BCUT2D eigenvalue weighted by Crippen LogP contribution is -2.47. The van der Waals surface area contributed by atoms with Gasteiger partial charge in [0.05, 0.1) is 11.5 Å². The van der Waals surface area contributed by atoms with E-state index in [1.165, 1.54) is 18.2 Å². The SMILES string of the molecule is CC(C)(C)[Si](C)(C)O[C@H](C=O)[C@H](C[N+](=O)[O-])c1ccccc1C(F)(F)F. The fourth-order valence-electron chi connectivity index (χ4n) is 2.34. The van der Waals surface area contributed by atoms with E-state index in [0.29, 0.717) is 6.29 Å². The fourth-order valence-corrected chi connectivity index (χ4v) is 3.59. The van der Waals surface area contributed by atoms with Crippen LogP contribution in [-0.4, -0.2) is 32.2 Å². The van der Waals surface area contributed by atoms with Crippen molar-refractivity contribution in [2.75, 3.05) is 6.54 Å². The molecular weight excluding hydrogens is 367 g/mol. The molecule has 0 aliphatic rings. The molecule has 0 saturated heterocycles. The van der Waals surface area contributed by atoms with Gasteiger partial charge in [0.2, 0.25) is 6.54 Å². The maximum absolute atomic E-state index is 13.4. The van der Waals surface area contributed by atoms with Gasteiger partial charge < -0.3 is 9.22 Å². The van der Waals surface area contributed by atoms with Crippen molar-refractivity contribution < 1.29 is 27.3 Å². The monoisotopic (exact) mass is 391 g/mol. The van der Waals surface area contributed by atoms with Gasteiger partial charge in [0.1, 0.15) is 12.4 Å². The highest BCUT2D eigenvalue weighted by Gasteiger charge is 2.44. The first kappa shape index (κ1) is 22.3. The Bertz CT molecular complexity index is 656. The number of alkyl halides is 3. The highest BCUT2D eigenvalue weighted by atomic mass is 28.4. The zero-order valence-electron chi connectivity index (χ0n) is 15.5.